The van der Waals surface area contributed by atoms with Crippen molar-refractivity contribution in [3.8, 4) is 17.0 Å². The summed E-state index contributed by atoms with van der Waals surface area (Å²) in [6.07, 6.45) is 0. The minimum Gasteiger partial charge on any atom is -0.451 e. The van der Waals surface area contributed by atoms with E-state index in [1.54, 1.807) is 16.9 Å². The lowest BCUT2D eigenvalue weighted by Crippen LogP contribution is -2.11. The van der Waals surface area contributed by atoms with Crippen molar-refractivity contribution in [3.63, 3.8) is 0 Å². The van der Waals surface area contributed by atoms with Crippen LogP contribution in [-0.2, 0) is 0 Å². The van der Waals surface area contributed by atoms with E-state index >= 15 is 0 Å². The van der Waals surface area contributed by atoms with Gasteiger partial charge in [0.1, 0.15) is 16.8 Å². The number of carbonyl (C=O) groups is 1. The molecule has 0 saturated heterocycles. The molecule has 0 radical (unpaired) electrons. The van der Waals surface area contributed by atoms with Gasteiger partial charge in [-0.1, -0.05) is 41.9 Å². The summed E-state index contributed by atoms with van der Waals surface area (Å²) < 4.78 is 5.79. The Balaban J connectivity index is 1.40. The second-order valence-corrected chi connectivity index (χ2v) is 7.97. The fraction of sp³-hybridized carbons (Fsp3) is 0.0800. The molecule has 5 aromatic rings. The normalized spacial score (nSPS) is 11.1. The second kappa shape index (κ2) is 7.98. The van der Waals surface area contributed by atoms with Gasteiger partial charge in [0.2, 0.25) is 0 Å². The molecular formula is C25H19ClN4O2. The van der Waals surface area contributed by atoms with Crippen molar-refractivity contribution in [2.24, 2.45) is 0 Å². The van der Waals surface area contributed by atoms with Gasteiger partial charge in [0.05, 0.1) is 5.69 Å². The zero-order valence-corrected chi connectivity index (χ0v) is 18.2. The van der Waals surface area contributed by atoms with Crippen LogP contribution in [0.3, 0.4) is 0 Å². The lowest BCUT2D eigenvalue weighted by atomic mass is 10.1. The van der Waals surface area contributed by atoms with Crippen LogP contribution in [0.15, 0.2) is 77.2 Å². The number of anilines is 1. The first-order valence-electron chi connectivity index (χ1n) is 10.1. The molecule has 0 aliphatic carbocycles. The lowest BCUT2D eigenvalue weighted by molar-refractivity contribution is 0.0997. The van der Waals surface area contributed by atoms with Crippen molar-refractivity contribution in [1.82, 2.24) is 15.0 Å². The lowest BCUT2D eigenvalue weighted by Gasteiger charge is -2.06. The predicted molar refractivity (Wildman–Crippen MR) is 125 cm³/mol. The van der Waals surface area contributed by atoms with Gasteiger partial charge < -0.3 is 9.73 Å². The van der Waals surface area contributed by atoms with Crippen LogP contribution in [0, 0.1) is 13.8 Å². The summed E-state index contributed by atoms with van der Waals surface area (Å²) >= 11 is 6.21. The average Bonchev–Trinajstić information content (AvgIpc) is 3.44. The van der Waals surface area contributed by atoms with Gasteiger partial charge in [0, 0.05) is 16.3 Å². The summed E-state index contributed by atoms with van der Waals surface area (Å²) in [7, 11) is 0. The molecule has 158 valence electrons. The number of para-hydroxylation sites is 1. The molecule has 1 amide bonds. The fourth-order valence-corrected chi connectivity index (χ4v) is 3.61. The van der Waals surface area contributed by atoms with Crippen LogP contribution < -0.4 is 5.32 Å². The van der Waals surface area contributed by atoms with Crippen molar-refractivity contribution in [2.75, 3.05) is 5.32 Å². The molecule has 0 spiro atoms. The largest absolute Gasteiger partial charge is 0.451 e. The summed E-state index contributed by atoms with van der Waals surface area (Å²) in [4.78, 5) is 14.4. The highest BCUT2D eigenvalue weighted by atomic mass is 35.5. The second-order valence-electron chi connectivity index (χ2n) is 7.56. The van der Waals surface area contributed by atoms with Crippen LogP contribution >= 0.6 is 11.6 Å². The van der Waals surface area contributed by atoms with E-state index in [1.807, 2.05) is 74.5 Å². The quantitative estimate of drug-likeness (QED) is 0.359. The van der Waals surface area contributed by atoms with Gasteiger partial charge in [0.25, 0.3) is 5.91 Å². The zero-order chi connectivity index (χ0) is 22.2. The third-order valence-electron chi connectivity index (χ3n) is 5.25. The van der Waals surface area contributed by atoms with E-state index in [2.05, 4.69) is 15.5 Å². The Morgan fingerprint density at radius 2 is 1.66 bits per heavy atom. The molecule has 32 heavy (non-hydrogen) atoms. The van der Waals surface area contributed by atoms with E-state index in [-0.39, 0.29) is 11.7 Å². The molecule has 0 saturated carbocycles. The highest BCUT2D eigenvalue weighted by molar-refractivity contribution is 6.31. The first-order valence-corrected chi connectivity index (χ1v) is 10.5. The van der Waals surface area contributed by atoms with E-state index in [1.165, 1.54) is 0 Å². The maximum atomic E-state index is 12.8. The van der Waals surface area contributed by atoms with Crippen LogP contribution in [0.1, 0.15) is 21.7 Å². The smallest absolute Gasteiger partial charge is 0.291 e. The molecule has 1 N–H and O–H groups in total. The van der Waals surface area contributed by atoms with Crippen LogP contribution in [0.4, 0.5) is 5.69 Å². The molecule has 2 heterocycles. The molecule has 0 fully saturated rings. The Morgan fingerprint density at radius 1 is 0.906 bits per heavy atom. The highest BCUT2D eigenvalue weighted by Crippen LogP contribution is 2.28. The third-order valence-corrected chi connectivity index (χ3v) is 5.66. The summed E-state index contributed by atoms with van der Waals surface area (Å²) in [6, 6.07) is 22.5. The van der Waals surface area contributed by atoms with Crippen LogP contribution in [0.2, 0.25) is 5.02 Å². The number of nitrogens with zero attached hydrogens (tertiary/aromatic N) is 3. The van der Waals surface area contributed by atoms with Crippen molar-refractivity contribution in [2.45, 2.75) is 13.8 Å². The van der Waals surface area contributed by atoms with Crippen LogP contribution in [-0.4, -0.2) is 20.9 Å². The summed E-state index contributed by atoms with van der Waals surface area (Å²) in [5, 5.41) is 12.6. The molecule has 3 aromatic carbocycles. The Bertz CT molecular complexity index is 1450. The molecule has 0 aliphatic heterocycles. The molecule has 0 aliphatic rings. The number of aromatic nitrogens is 3. The molecule has 2 aromatic heterocycles. The van der Waals surface area contributed by atoms with Crippen molar-refractivity contribution < 1.29 is 9.21 Å². The number of amides is 1. The third kappa shape index (κ3) is 3.76. The maximum absolute atomic E-state index is 12.8. The van der Waals surface area contributed by atoms with E-state index < -0.39 is 0 Å². The van der Waals surface area contributed by atoms with Gasteiger partial charge in [-0.15, -0.1) is 10.2 Å². The number of halogens is 1. The van der Waals surface area contributed by atoms with E-state index in [0.29, 0.717) is 22.0 Å². The van der Waals surface area contributed by atoms with Crippen molar-refractivity contribution in [1.29, 1.82) is 0 Å². The van der Waals surface area contributed by atoms with E-state index in [4.69, 9.17) is 16.0 Å². The molecule has 7 heteroatoms. The van der Waals surface area contributed by atoms with E-state index in [9.17, 15) is 4.79 Å². The molecule has 6 nitrogen and oxygen atoms in total. The maximum Gasteiger partial charge on any atom is 0.291 e. The minimum absolute atomic E-state index is 0.212. The van der Waals surface area contributed by atoms with E-state index in [0.717, 1.165) is 27.9 Å². The van der Waals surface area contributed by atoms with Gasteiger partial charge in [-0.2, -0.15) is 4.80 Å². The van der Waals surface area contributed by atoms with Gasteiger partial charge in [-0.05, 0) is 67.4 Å². The SMILES string of the molecule is Cc1ccc(-c2ccc(C(=O)Nc3cc4nn(-c5ccccc5)nc4cc3C)o2)cc1Cl. The number of nitrogens with one attached hydrogen (secondary N) is 1. The number of aryl methyl sites for hydroxylation is 2. The monoisotopic (exact) mass is 442 g/mol. The standard InChI is InChI=1S/C25H19ClN4O2/c1-15-8-9-17(13-19(15)26)23-10-11-24(32-23)25(31)27-20-14-22-21(12-16(20)2)28-30(29-22)18-6-4-3-5-7-18/h3-14H,1-2H3,(H,27,31). The zero-order valence-electron chi connectivity index (χ0n) is 17.5. The molecule has 5 rings (SSSR count). The average molecular weight is 443 g/mol. The Labute approximate surface area is 189 Å². The number of hydrogen-bond donors (Lipinski definition) is 1. The first-order chi connectivity index (χ1) is 15.5. The topological polar surface area (TPSA) is 73.0 Å². The highest BCUT2D eigenvalue weighted by Gasteiger charge is 2.16. The Kier molecular flexibility index (Phi) is 4.99. The molecule has 0 atom stereocenters. The minimum atomic E-state index is -0.340. The van der Waals surface area contributed by atoms with Gasteiger partial charge in [-0.3, -0.25) is 4.79 Å². The number of benzene rings is 3. The van der Waals surface area contributed by atoms with Crippen LogP contribution in [0.5, 0.6) is 0 Å². The molecule has 0 bridgehead atoms. The summed E-state index contributed by atoms with van der Waals surface area (Å²) in [6.45, 7) is 3.85. The molecular weight excluding hydrogens is 424 g/mol. The fourth-order valence-electron chi connectivity index (χ4n) is 3.42. The number of furan rings is 1. The molecule has 0 unspecified atom stereocenters. The number of carbonyl (C=O) groups excluding carboxylic acids is 1. The number of fused-ring (bicyclic) bond motifs is 1. The van der Waals surface area contributed by atoms with Crippen LogP contribution in [0.25, 0.3) is 28.0 Å². The number of hydrogen-bond acceptors (Lipinski definition) is 4. The summed E-state index contributed by atoms with van der Waals surface area (Å²) in [5.74, 6) is 0.450. The van der Waals surface area contributed by atoms with Gasteiger partial charge >= 0.3 is 0 Å². The van der Waals surface area contributed by atoms with Gasteiger partial charge in [0.15, 0.2) is 5.76 Å². The first kappa shape index (κ1) is 20.0. The number of rotatable bonds is 4. The summed E-state index contributed by atoms with van der Waals surface area (Å²) in [5.41, 5.74) is 5.63. The Hall–Kier alpha value is -3.90. The van der Waals surface area contributed by atoms with Gasteiger partial charge in [-0.25, -0.2) is 0 Å². The Morgan fingerprint density at radius 3 is 2.41 bits per heavy atom. The van der Waals surface area contributed by atoms with Crippen molar-refractivity contribution in [3.05, 3.63) is 94.7 Å². The predicted octanol–water partition coefficient (Wildman–Crippen LogP) is 6.20. The van der Waals surface area contributed by atoms with Crippen molar-refractivity contribution >= 4 is 34.2 Å².